The second-order valence-electron chi connectivity index (χ2n) is 9.52. The van der Waals surface area contributed by atoms with Crippen LogP contribution in [0.5, 0.6) is 5.88 Å². The van der Waals surface area contributed by atoms with Gasteiger partial charge in [0.1, 0.15) is 11.3 Å². The topological polar surface area (TPSA) is 113 Å². The molecule has 0 bridgehead atoms. The molecule has 5 aromatic rings. The largest absolute Gasteiger partial charge is 0.492 e. The average Bonchev–Trinajstić information content (AvgIpc) is 3.31. The fourth-order valence-corrected chi connectivity index (χ4v) is 4.58. The van der Waals surface area contributed by atoms with E-state index in [2.05, 4.69) is 10.2 Å². The Morgan fingerprint density at radius 1 is 1.11 bits per heavy atom. The molecule has 36 heavy (non-hydrogen) atoms. The molecular formula is C27H25FN4O4. The highest BCUT2D eigenvalue weighted by Gasteiger charge is 2.29. The van der Waals surface area contributed by atoms with Gasteiger partial charge < -0.3 is 19.5 Å². The minimum atomic E-state index is -0.968. The van der Waals surface area contributed by atoms with E-state index in [1.165, 1.54) is 23.2 Å². The molecule has 2 heterocycles. The molecule has 0 aliphatic rings. The average molecular weight is 489 g/mol. The van der Waals surface area contributed by atoms with Gasteiger partial charge in [-0.1, -0.05) is 44.2 Å². The lowest BCUT2D eigenvalue weighted by molar-refractivity contribution is 0.140. The zero-order valence-corrected chi connectivity index (χ0v) is 19.9. The van der Waals surface area contributed by atoms with Crippen molar-refractivity contribution in [1.82, 2.24) is 20.1 Å². The molecule has 8 nitrogen and oxygen atoms in total. The molecule has 2 N–H and O–H groups in total. The first kappa shape index (κ1) is 23.5. The van der Waals surface area contributed by atoms with E-state index in [9.17, 15) is 19.4 Å². The van der Waals surface area contributed by atoms with Gasteiger partial charge >= 0.3 is 6.09 Å². The fourth-order valence-electron chi connectivity index (χ4n) is 4.58. The summed E-state index contributed by atoms with van der Waals surface area (Å²) in [5, 5.41) is 29.6. The number of amides is 1. The van der Waals surface area contributed by atoms with Crippen LogP contribution in [0.25, 0.3) is 32.6 Å². The molecule has 0 saturated heterocycles. The summed E-state index contributed by atoms with van der Waals surface area (Å²) in [6, 6.07) is 13.7. The third-order valence-corrected chi connectivity index (χ3v) is 6.51. The number of carboxylic acid groups (broad SMARTS) is 1. The highest BCUT2D eigenvalue weighted by Crippen LogP contribution is 2.40. The van der Waals surface area contributed by atoms with Gasteiger partial charge in [-0.25, -0.2) is 14.2 Å². The van der Waals surface area contributed by atoms with Crippen molar-refractivity contribution in [2.24, 2.45) is 0 Å². The molecule has 0 radical (unpaired) electrons. The van der Waals surface area contributed by atoms with Crippen LogP contribution in [-0.2, 0) is 12.0 Å². The molecule has 5 rings (SSSR count). The Hall–Kier alpha value is -4.27. The van der Waals surface area contributed by atoms with Gasteiger partial charge in [0.05, 0.1) is 11.6 Å². The van der Waals surface area contributed by atoms with Crippen molar-refractivity contribution < 1.29 is 23.8 Å². The first-order valence-electron chi connectivity index (χ1n) is 11.6. The number of benzene rings is 3. The van der Waals surface area contributed by atoms with Gasteiger partial charge in [0.25, 0.3) is 0 Å². The van der Waals surface area contributed by atoms with Crippen LogP contribution >= 0.6 is 0 Å². The number of rotatable bonds is 7. The molecule has 184 valence electrons. The lowest BCUT2D eigenvalue weighted by Gasteiger charge is -2.24. The summed E-state index contributed by atoms with van der Waals surface area (Å²) in [4.78, 5) is 17.9. The normalized spacial score (nSPS) is 12.0. The summed E-state index contributed by atoms with van der Waals surface area (Å²) in [6.45, 7) is 4.66. The summed E-state index contributed by atoms with van der Waals surface area (Å²) in [7, 11) is 0. The minimum absolute atomic E-state index is 0.305. The van der Waals surface area contributed by atoms with Gasteiger partial charge in [0, 0.05) is 34.7 Å². The van der Waals surface area contributed by atoms with Gasteiger partial charge in [-0.05, 0) is 36.6 Å². The second-order valence-corrected chi connectivity index (χ2v) is 9.52. The summed E-state index contributed by atoms with van der Waals surface area (Å²) >= 11 is 0. The Labute approximate surface area is 206 Å². The molecule has 0 unspecified atom stereocenters. The Morgan fingerprint density at radius 2 is 1.89 bits per heavy atom. The van der Waals surface area contributed by atoms with E-state index in [4.69, 9.17) is 9.40 Å². The molecule has 1 amide bonds. The van der Waals surface area contributed by atoms with Crippen molar-refractivity contribution in [1.29, 1.82) is 0 Å². The van der Waals surface area contributed by atoms with Crippen LogP contribution in [0.15, 0.2) is 59.1 Å². The molecule has 0 fully saturated rings. The van der Waals surface area contributed by atoms with Crippen LogP contribution in [0, 0.1) is 5.82 Å². The number of nitrogens with zero attached hydrogens (tertiary/aromatic N) is 4. The Bertz CT molecular complexity index is 1580. The number of aromatic nitrogens is 3. The smallest absolute Gasteiger partial charge is 0.407 e. The molecule has 3 aromatic carbocycles. The zero-order valence-electron chi connectivity index (χ0n) is 19.9. The predicted octanol–water partition coefficient (Wildman–Crippen LogP) is 6.01. The highest BCUT2D eigenvalue weighted by atomic mass is 19.1. The van der Waals surface area contributed by atoms with E-state index >= 15 is 0 Å². The molecular weight excluding hydrogens is 463 g/mol. The van der Waals surface area contributed by atoms with Crippen LogP contribution in [0.2, 0.25) is 0 Å². The van der Waals surface area contributed by atoms with Crippen molar-refractivity contribution in [2.75, 3.05) is 6.54 Å². The van der Waals surface area contributed by atoms with Crippen molar-refractivity contribution in [3.63, 3.8) is 0 Å². The van der Waals surface area contributed by atoms with Gasteiger partial charge in [0.2, 0.25) is 11.8 Å². The Morgan fingerprint density at radius 3 is 2.64 bits per heavy atom. The summed E-state index contributed by atoms with van der Waals surface area (Å²) in [6.07, 6.45) is 1.73. The maximum absolute atomic E-state index is 14.1. The number of hydrogen-bond acceptors (Lipinski definition) is 6. The zero-order chi connectivity index (χ0) is 25.4. The maximum atomic E-state index is 14.1. The maximum Gasteiger partial charge on any atom is 0.407 e. The van der Waals surface area contributed by atoms with E-state index in [0.29, 0.717) is 64.5 Å². The van der Waals surface area contributed by atoms with Crippen molar-refractivity contribution in [3.8, 4) is 5.88 Å². The monoisotopic (exact) mass is 488 g/mol. The first-order valence-corrected chi connectivity index (χ1v) is 11.6. The second kappa shape index (κ2) is 9.07. The summed E-state index contributed by atoms with van der Waals surface area (Å²) < 4.78 is 20.3. The first-order chi connectivity index (χ1) is 17.2. The number of aromatic hydroxyl groups is 1. The number of carbonyl (C=O) groups is 1. The number of hydrogen-bond donors (Lipinski definition) is 2. The van der Waals surface area contributed by atoms with E-state index in [1.807, 2.05) is 44.2 Å². The molecule has 0 aliphatic carbocycles. The van der Waals surface area contributed by atoms with Crippen molar-refractivity contribution in [3.05, 3.63) is 72.0 Å². The van der Waals surface area contributed by atoms with Crippen LogP contribution in [0.4, 0.5) is 9.18 Å². The minimum Gasteiger partial charge on any atom is -0.492 e. The standard InChI is InChI=1S/C27H25FN4O4/c1-27(2,11-6-12-32(26(34)35)15-16-7-4-3-5-8-16)25-30-22-20-14-29-31-24(33)21(20)19-13-17(28)9-10-18(19)23(22)36-25/h3-5,7-10,13-14H,6,11-12,15H2,1-2H3,(H,31,33)(H,34,35). The van der Waals surface area contributed by atoms with Crippen LogP contribution in [0.1, 0.15) is 38.1 Å². The predicted molar refractivity (Wildman–Crippen MR) is 133 cm³/mol. The molecule has 0 saturated carbocycles. The lowest BCUT2D eigenvalue weighted by atomic mass is 9.87. The SMILES string of the molecule is CC(C)(CCCN(Cc1ccccc1)C(=O)O)c1nc2c3cnnc(O)c3c3cc(F)ccc3c2o1. The van der Waals surface area contributed by atoms with E-state index in [-0.39, 0.29) is 5.88 Å². The van der Waals surface area contributed by atoms with Gasteiger partial charge in [0.15, 0.2) is 5.58 Å². The Kier molecular flexibility index (Phi) is 5.91. The van der Waals surface area contributed by atoms with Crippen LogP contribution in [0.3, 0.4) is 0 Å². The van der Waals surface area contributed by atoms with Crippen molar-refractivity contribution >= 4 is 38.7 Å². The van der Waals surface area contributed by atoms with Crippen LogP contribution < -0.4 is 0 Å². The molecule has 9 heteroatoms. The third kappa shape index (κ3) is 4.28. The highest BCUT2D eigenvalue weighted by molar-refractivity contribution is 6.23. The molecule has 2 aromatic heterocycles. The molecule has 0 spiro atoms. The molecule has 0 atom stereocenters. The van der Waals surface area contributed by atoms with Crippen LogP contribution in [-0.4, -0.2) is 42.9 Å². The summed E-state index contributed by atoms with van der Waals surface area (Å²) in [5.41, 5.74) is 1.40. The summed E-state index contributed by atoms with van der Waals surface area (Å²) in [5.74, 6) is -0.282. The number of oxazole rings is 1. The third-order valence-electron chi connectivity index (χ3n) is 6.51. The van der Waals surface area contributed by atoms with Gasteiger partial charge in [-0.3, -0.25) is 0 Å². The Balaban J connectivity index is 1.45. The molecule has 0 aliphatic heterocycles. The fraction of sp³-hybridized carbons (Fsp3) is 0.259. The lowest BCUT2D eigenvalue weighted by Crippen LogP contribution is -2.31. The van der Waals surface area contributed by atoms with Gasteiger partial charge in [-0.2, -0.15) is 5.10 Å². The van der Waals surface area contributed by atoms with E-state index < -0.39 is 17.3 Å². The number of fused-ring (bicyclic) bond motifs is 6. The quantitative estimate of drug-likeness (QED) is 0.270. The van der Waals surface area contributed by atoms with Gasteiger partial charge in [-0.15, -0.1) is 5.10 Å². The van der Waals surface area contributed by atoms with E-state index in [0.717, 1.165) is 5.56 Å². The number of halogens is 1. The van der Waals surface area contributed by atoms with E-state index in [1.54, 1.807) is 6.07 Å². The van der Waals surface area contributed by atoms with Crippen molar-refractivity contribution in [2.45, 2.75) is 38.6 Å².